The predicted octanol–water partition coefficient (Wildman–Crippen LogP) is 1.64. The number of ketones is 1. The van der Waals surface area contributed by atoms with Gasteiger partial charge in [-0.15, -0.1) is 0 Å². The van der Waals surface area contributed by atoms with Crippen LogP contribution in [0.2, 0.25) is 0 Å². The highest BCUT2D eigenvalue weighted by molar-refractivity contribution is 6.02. The lowest BCUT2D eigenvalue weighted by molar-refractivity contribution is -0.172. The number of hydrogen-bond acceptors (Lipinski definition) is 8. The molecule has 4 atom stereocenters. The first-order chi connectivity index (χ1) is 13.7. The molecule has 0 saturated heterocycles. The van der Waals surface area contributed by atoms with Crippen LogP contribution in [0.4, 0.5) is 0 Å². The second kappa shape index (κ2) is 9.17. The van der Waals surface area contributed by atoms with E-state index in [2.05, 4.69) is 4.74 Å². The van der Waals surface area contributed by atoms with Crippen LogP contribution in [0.25, 0.3) is 0 Å². The van der Waals surface area contributed by atoms with E-state index in [4.69, 9.17) is 9.47 Å². The second-order valence-corrected chi connectivity index (χ2v) is 7.10. The Balaban J connectivity index is 2.59. The van der Waals surface area contributed by atoms with Gasteiger partial charge in [0, 0.05) is 12.3 Å². The summed E-state index contributed by atoms with van der Waals surface area (Å²) in [7, 11) is 1.25. The Labute approximate surface area is 169 Å². The largest absolute Gasteiger partial charge is 0.466 e. The van der Waals surface area contributed by atoms with Crippen molar-refractivity contribution in [2.24, 2.45) is 11.8 Å². The van der Waals surface area contributed by atoms with Crippen molar-refractivity contribution in [1.29, 1.82) is 0 Å². The highest BCUT2D eigenvalue weighted by atomic mass is 16.5. The fraction of sp³-hybridized carbons (Fsp3) is 0.524. The first kappa shape index (κ1) is 22.5. The van der Waals surface area contributed by atoms with Crippen LogP contribution in [0.15, 0.2) is 24.3 Å². The minimum atomic E-state index is -1.71. The van der Waals surface area contributed by atoms with Gasteiger partial charge in [-0.2, -0.15) is 0 Å². The van der Waals surface area contributed by atoms with Crippen LogP contribution in [0.3, 0.4) is 0 Å². The van der Waals surface area contributed by atoms with E-state index in [0.717, 1.165) is 0 Å². The summed E-state index contributed by atoms with van der Waals surface area (Å²) in [5.41, 5.74) is -1.01. The van der Waals surface area contributed by atoms with Gasteiger partial charge < -0.3 is 19.3 Å². The van der Waals surface area contributed by atoms with Gasteiger partial charge in [0.2, 0.25) is 0 Å². The maximum atomic E-state index is 12.8. The second-order valence-electron chi connectivity index (χ2n) is 7.10. The molecule has 8 nitrogen and oxygen atoms in total. The standard InChI is InChI=1S/C21H26O8/c1-5-28-19(24)16-14(22)11-21(3,26)17(20(25)29-6-2)15(16)12-7-9-13(10-8-12)18(23)27-4/h7-10,15-17,26H,5-6,11H2,1-4H3/t15-,16-,17+,21-/m1/s1. The zero-order chi connectivity index (χ0) is 21.8. The highest BCUT2D eigenvalue weighted by Gasteiger charge is 2.57. The zero-order valence-electron chi connectivity index (χ0n) is 17.0. The molecule has 1 aliphatic carbocycles. The normalized spacial score (nSPS) is 26.5. The number of methoxy groups -OCH3 is 1. The molecule has 0 spiro atoms. The van der Waals surface area contributed by atoms with E-state index >= 15 is 0 Å². The Morgan fingerprint density at radius 1 is 1.07 bits per heavy atom. The maximum Gasteiger partial charge on any atom is 0.337 e. The third-order valence-electron chi connectivity index (χ3n) is 5.06. The van der Waals surface area contributed by atoms with Gasteiger partial charge in [0.1, 0.15) is 5.92 Å². The van der Waals surface area contributed by atoms with E-state index in [1.165, 1.54) is 38.3 Å². The van der Waals surface area contributed by atoms with Crippen molar-refractivity contribution in [3.63, 3.8) is 0 Å². The number of aliphatic hydroxyl groups is 1. The lowest BCUT2D eigenvalue weighted by atomic mass is 9.61. The Morgan fingerprint density at radius 2 is 1.62 bits per heavy atom. The zero-order valence-corrected chi connectivity index (χ0v) is 17.0. The van der Waals surface area contributed by atoms with Crippen molar-refractivity contribution in [1.82, 2.24) is 0 Å². The van der Waals surface area contributed by atoms with Crippen molar-refractivity contribution in [3.05, 3.63) is 35.4 Å². The molecule has 1 fully saturated rings. The van der Waals surface area contributed by atoms with Crippen molar-refractivity contribution in [3.8, 4) is 0 Å². The molecule has 29 heavy (non-hydrogen) atoms. The van der Waals surface area contributed by atoms with E-state index in [-0.39, 0.29) is 25.2 Å². The summed E-state index contributed by atoms with van der Waals surface area (Å²) in [5.74, 6) is -5.97. The molecule has 0 bridgehead atoms. The number of ether oxygens (including phenoxy) is 3. The van der Waals surface area contributed by atoms with Gasteiger partial charge in [-0.25, -0.2) is 4.79 Å². The maximum absolute atomic E-state index is 12.8. The predicted molar refractivity (Wildman–Crippen MR) is 101 cm³/mol. The minimum absolute atomic E-state index is 0.0665. The lowest BCUT2D eigenvalue weighted by Crippen LogP contribution is -2.55. The number of esters is 3. The molecule has 158 valence electrons. The Bertz CT molecular complexity index is 780. The van der Waals surface area contributed by atoms with E-state index in [1.807, 2.05) is 0 Å². The summed E-state index contributed by atoms with van der Waals surface area (Å²) in [4.78, 5) is 49.8. The van der Waals surface area contributed by atoms with Gasteiger partial charge in [0.05, 0.1) is 37.4 Å². The summed E-state index contributed by atoms with van der Waals surface area (Å²) in [6.45, 7) is 4.77. The van der Waals surface area contributed by atoms with Crippen molar-refractivity contribution < 1.29 is 38.5 Å². The van der Waals surface area contributed by atoms with E-state index < -0.39 is 47.0 Å². The molecule has 0 aliphatic heterocycles. The quantitative estimate of drug-likeness (QED) is 0.431. The monoisotopic (exact) mass is 406 g/mol. The Kier molecular flexibility index (Phi) is 7.13. The molecule has 2 rings (SSSR count). The van der Waals surface area contributed by atoms with Crippen LogP contribution < -0.4 is 0 Å². The molecule has 0 heterocycles. The molecular formula is C21H26O8. The van der Waals surface area contributed by atoms with Gasteiger partial charge in [-0.1, -0.05) is 12.1 Å². The molecule has 0 amide bonds. The summed E-state index contributed by atoms with van der Waals surface area (Å²) in [6.07, 6.45) is -0.378. The number of benzene rings is 1. The van der Waals surface area contributed by atoms with Crippen LogP contribution in [-0.4, -0.2) is 54.7 Å². The Hall–Kier alpha value is -2.74. The first-order valence-corrected chi connectivity index (χ1v) is 9.44. The minimum Gasteiger partial charge on any atom is -0.466 e. The van der Waals surface area contributed by atoms with E-state index in [0.29, 0.717) is 5.56 Å². The van der Waals surface area contributed by atoms with E-state index in [9.17, 15) is 24.3 Å². The fourth-order valence-electron chi connectivity index (χ4n) is 3.84. The lowest BCUT2D eigenvalue weighted by Gasteiger charge is -2.43. The molecule has 8 heteroatoms. The molecule has 1 aromatic rings. The van der Waals surface area contributed by atoms with Crippen molar-refractivity contribution in [2.45, 2.75) is 38.7 Å². The number of Topliss-reactive ketones (excluding diaryl/α,β-unsaturated/α-hetero) is 1. The van der Waals surface area contributed by atoms with Crippen molar-refractivity contribution >= 4 is 23.7 Å². The number of rotatable bonds is 6. The Morgan fingerprint density at radius 3 is 2.14 bits per heavy atom. The van der Waals surface area contributed by atoms with Crippen LogP contribution >= 0.6 is 0 Å². The smallest absolute Gasteiger partial charge is 0.337 e. The molecule has 1 saturated carbocycles. The fourth-order valence-corrected chi connectivity index (χ4v) is 3.84. The highest BCUT2D eigenvalue weighted by Crippen LogP contribution is 2.46. The summed E-state index contributed by atoms with van der Waals surface area (Å²) < 4.78 is 14.9. The molecule has 1 aliphatic rings. The van der Waals surface area contributed by atoms with Gasteiger partial charge in [-0.3, -0.25) is 14.4 Å². The molecule has 1 aromatic carbocycles. The van der Waals surface area contributed by atoms with E-state index in [1.54, 1.807) is 13.8 Å². The van der Waals surface area contributed by atoms with Crippen LogP contribution in [0, 0.1) is 11.8 Å². The SMILES string of the molecule is CCOC(=O)[C@@H]1C(=O)C[C@@](C)(O)[C@H](C(=O)OCC)[C@@H]1c1ccc(C(=O)OC)cc1. The third kappa shape index (κ3) is 4.64. The molecule has 0 aromatic heterocycles. The van der Waals surface area contributed by atoms with Crippen LogP contribution in [0.5, 0.6) is 0 Å². The van der Waals surface area contributed by atoms with Gasteiger partial charge in [-0.05, 0) is 38.5 Å². The van der Waals surface area contributed by atoms with Gasteiger partial charge in [0.15, 0.2) is 5.78 Å². The summed E-state index contributed by atoms with van der Waals surface area (Å²) >= 11 is 0. The molecular weight excluding hydrogens is 380 g/mol. The average Bonchev–Trinajstić information content (AvgIpc) is 2.66. The molecule has 0 unspecified atom stereocenters. The van der Waals surface area contributed by atoms with Gasteiger partial charge >= 0.3 is 17.9 Å². The van der Waals surface area contributed by atoms with Crippen LogP contribution in [0.1, 0.15) is 49.0 Å². The van der Waals surface area contributed by atoms with Crippen LogP contribution in [-0.2, 0) is 28.6 Å². The molecule has 0 radical (unpaired) electrons. The average molecular weight is 406 g/mol. The summed E-state index contributed by atoms with van der Waals surface area (Å²) in [6, 6.07) is 6.01. The number of carbonyl (C=O) groups is 4. The van der Waals surface area contributed by atoms with Crippen molar-refractivity contribution in [2.75, 3.05) is 20.3 Å². The third-order valence-corrected chi connectivity index (χ3v) is 5.06. The molecule has 1 N–H and O–H groups in total. The van der Waals surface area contributed by atoms with Gasteiger partial charge in [0.25, 0.3) is 0 Å². The number of carbonyl (C=O) groups excluding carboxylic acids is 4. The summed E-state index contributed by atoms with van der Waals surface area (Å²) in [5, 5.41) is 10.9. The number of hydrogen-bond donors (Lipinski definition) is 1. The first-order valence-electron chi connectivity index (χ1n) is 9.44. The topological polar surface area (TPSA) is 116 Å².